The number of amides is 1. The van der Waals surface area contributed by atoms with Gasteiger partial charge in [0.05, 0.1) is 19.2 Å². The maximum Gasteiger partial charge on any atom is 0.228 e. The highest BCUT2D eigenvalue weighted by molar-refractivity contribution is 5.92. The van der Waals surface area contributed by atoms with Crippen LogP contribution in [0.1, 0.15) is 28.1 Å². The maximum atomic E-state index is 12.3. The Morgan fingerprint density at radius 3 is 2.40 bits per heavy atom. The Morgan fingerprint density at radius 1 is 1.00 bits per heavy atom. The van der Waals surface area contributed by atoms with Crippen LogP contribution in [0.3, 0.4) is 0 Å². The lowest BCUT2D eigenvalue weighted by atomic mass is 10.1. The van der Waals surface area contributed by atoms with Gasteiger partial charge in [-0.25, -0.2) is 4.98 Å². The second kappa shape index (κ2) is 8.37. The fourth-order valence-electron chi connectivity index (χ4n) is 3.20. The van der Waals surface area contributed by atoms with E-state index in [-0.39, 0.29) is 5.91 Å². The lowest BCUT2D eigenvalue weighted by molar-refractivity contribution is -0.115. The van der Waals surface area contributed by atoms with Gasteiger partial charge in [-0.1, -0.05) is 29.8 Å². The zero-order valence-corrected chi connectivity index (χ0v) is 17.3. The molecule has 0 bridgehead atoms. The summed E-state index contributed by atoms with van der Waals surface area (Å²) < 4.78 is 7.69. The highest BCUT2D eigenvalue weighted by Gasteiger charge is 2.13. The third-order valence-corrected chi connectivity index (χ3v) is 4.87. The van der Waals surface area contributed by atoms with Crippen molar-refractivity contribution in [2.24, 2.45) is 0 Å². The number of aromatic nitrogens is 3. The van der Waals surface area contributed by atoms with Crippen LogP contribution in [0.4, 0.5) is 5.69 Å². The van der Waals surface area contributed by atoms with Crippen LogP contribution in [0, 0.1) is 20.8 Å². The van der Waals surface area contributed by atoms with E-state index in [0.29, 0.717) is 18.9 Å². The molecule has 0 atom stereocenters. The molecule has 30 heavy (non-hydrogen) atoms. The van der Waals surface area contributed by atoms with Gasteiger partial charge in [0.15, 0.2) is 0 Å². The van der Waals surface area contributed by atoms with Crippen molar-refractivity contribution in [1.82, 2.24) is 14.8 Å². The van der Waals surface area contributed by atoms with Crippen LogP contribution in [-0.4, -0.2) is 20.7 Å². The minimum atomic E-state index is -0.0460. The van der Waals surface area contributed by atoms with Crippen molar-refractivity contribution in [2.75, 3.05) is 5.32 Å². The molecule has 0 spiro atoms. The van der Waals surface area contributed by atoms with Gasteiger partial charge >= 0.3 is 0 Å². The van der Waals surface area contributed by atoms with E-state index in [4.69, 9.17) is 4.42 Å². The summed E-state index contributed by atoms with van der Waals surface area (Å²) in [6, 6.07) is 15.5. The molecule has 6 heteroatoms. The van der Waals surface area contributed by atoms with Crippen molar-refractivity contribution >= 4 is 11.6 Å². The summed E-state index contributed by atoms with van der Waals surface area (Å²) in [7, 11) is 0. The summed E-state index contributed by atoms with van der Waals surface area (Å²) in [6.45, 7) is 6.51. The van der Waals surface area contributed by atoms with Crippen molar-refractivity contribution in [3.05, 3.63) is 89.1 Å². The number of hydrogen-bond acceptors (Lipinski definition) is 4. The van der Waals surface area contributed by atoms with Crippen LogP contribution in [0.5, 0.6) is 0 Å². The molecule has 1 N–H and O–H groups in total. The predicted octanol–water partition coefficient (Wildman–Crippen LogP) is 4.69. The first-order valence-corrected chi connectivity index (χ1v) is 9.87. The zero-order chi connectivity index (χ0) is 21.1. The SMILES string of the molecule is Cc1ccc(CC(=O)Nc2ccc(-c3nc(Cn4cc(C)cn4)c(C)o3)cc2)cc1. The Labute approximate surface area is 175 Å². The molecule has 0 saturated heterocycles. The molecule has 4 rings (SSSR count). The van der Waals surface area contributed by atoms with Crippen LogP contribution >= 0.6 is 0 Å². The van der Waals surface area contributed by atoms with E-state index in [1.54, 1.807) is 0 Å². The van der Waals surface area contributed by atoms with Crippen molar-refractivity contribution < 1.29 is 9.21 Å². The molecule has 2 heterocycles. The summed E-state index contributed by atoms with van der Waals surface area (Å²) in [4.78, 5) is 16.9. The van der Waals surface area contributed by atoms with Crippen LogP contribution in [0.25, 0.3) is 11.5 Å². The molecule has 0 aliphatic carbocycles. The van der Waals surface area contributed by atoms with Crippen LogP contribution in [-0.2, 0) is 17.8 Å². The average Bonchev–Trinajstić information content (AvgIpc) is 3.30. The fourth-order valence-corrected chi connectivity index (χ4v) is 3.20. The summed E-state index contributed by atoms with van der Waals surface area (Å²) in [5.74, 6) is 1.29. The molecule has 0 fully saturated rings. The molecule has 2 aromatic carbocycles. The van der Waals surface area contributed by atoms with E-state index in [1.165, 1.54) is 5.56 Å². The molecule has 0 aliphatic heterocycles. The Morgan fingerprint density at radius 2 is 1.73 bits per heavy atom. The Balaban J connectivity index is 1.41. The van der Waals surface area contributed by atoms with E-state index in [2.05, 4.69) is 15.4 Å². The van der Waals surface area contributed by atoms with Crippen LogP contribution < -0.4 is 5.32 Å². The topological polar surface area (TPSA) is 73.0 Å². The molecule has 1 amide bonds. The minimum Gasteiger partial charge on any atom is -0.441 e. The average molecular weight is 400 g/mol. The second-order valence-electron chi connectivity index (χ2n) is 7.53. The van der Waals surface area contributed by atoms with Gasteiger partial charge in [0.1, 0.15) is 11.5 Å². The van der Waals surface area contributed by atoms with E-state index >= 15 is 0 Å². The standard InChI is InChI=1S/C24H24N4O2/c1-16-4-6-19(7-5-16)12-23(29)26-21-10-8-20(9-11-21)24-27-22(18(3)30-24)15-28-14-17(2)13-25-28/h4-11,13-14H,12,15H2,1-3H3,(H,26,29). The predicted molar refractivity (Wildman–Crippen MR) is 116 cm³/mol. The molecule has 4 aromatic rings. The third-order valence-electron chi connectivity index (χ3n) is 4.87. The molecule has 0 saturated carbocycles. The van der Waals surface area contributed by atoms with E-state index < -0.39 is 0 Å². The van der Waals surface area contributed by atoms with Gasteiger partial charge in [0.25, 0.3) is 0 Å². The van der Waals surface area contributed by atoms with Crippen molar-refractivity contribution in [3.8, 4) is 11.5 Å². The molecular weight excluding hydrogens is 376 g/mol. The molecule has 2 aromatic heterocycles. The number of aryl methyl sites for hydroxylation is 3. The van der Waals surface area contributed by atoms with Crippen molar-refractivity contribution in [3.63, 3.8) is 0 Å². The summed E-state index contributed by atoms with van der Waals surface area (Å²) >= 11 is 0. The van der Waals surface area contributed by atoms with E-state index in [0.717, 1.165) is 33.8 Å². The number of carbonyl (C=O) groups is 1. The minimum absolute atomic E-state index is 0.0460. The monoisotopic (exact) mass is 400 g/mol. The van der Waals surface area contributed by atoms with Gasteiger partial charge in [0.2, 0.25) is 11.8 Å². The Bertz CT molecular complexity index is 1150. The van der Waals surface area contributed by atoms with Crippen molar-refractivity contribution in [1.29, 1.82) is 0 Å². The van der Waals surface area contributed by atoms with Gasteiger partial charge in [-0.15, -0.1) is 0 Å². The van der Waals surface area contributed by atoms with Gasteiger partial charge in [-0.2, -0.15) is 5.10 Å². The van der Waals surface area contributed by atoms with Gasteiger partial charge in [-0.05, 0) is 56.2 Å². The maximum absolute atomic E-state index is 12.3. The van der Waals surface area contributed by atoms with Gasteiger partial charge in [-0.3, -0.25) is 9.48 Å². The number of rotatable bonds is 6. The number of carbonyl (C=O) groups excluding carboxylic acids is 1. The highest BCUT2D eigenvalue weighted by Crippen LogP contribution is 2.24. The molecule has 0 radical (unpaired) electrons. The quantitative estimate of drug-likeness (QED) is 0.509. The second-order valence-corrected chi connectivity index (χ2v) is 7.53. The fraction of sp³-hybridized carbons (Fsp3) is 0.208. The third kappa shape index (κ3) is 4.66. The number of oxazole rings is 1. The lowest BCUT2D eigenvalue weighted by Crippen LogP contribution is -2.14. The van der Waals surface area contributed by atoms with Crippen LogP contribution in [0.2, 0.25) is 0 Å². The zero-order valence-electron chi connectivity index (χ0n) is 17.3. The molecule has 0 aliphatic rings. The Hall–Kier alpha value is -3.67. The largest absolute Gasteiger partial charge is 0.441 e. The summed E-state index contributed by atoms with van der Waals surface area (Å²) in [5.41, 5.74) is 5.73. The normalized spacial score (nSPS) is 10.9. The molecule has 0 unspecified atom stereocenters. The number of nitrogens with one attached hydrogen (secondary N) is 1. The number of hydrogen-bond donors (Lipinski definition) is 1. The van der Waals surface area contributed by atoms with E-state index in [1.807, 2.05) is 86.4 Å². The molecule has 152 valence electrons. The number of nitrogens with zero attached hydrogens (tertiary/aromatic N) is 3. The molecular formula is C24H24N4O2. The smallest absolute Gasteiger partial charge is 0.228 e. The van der Waals surface area contributed by atoms with Gasteiger partial charge in [0, 0.05) is 17.4 Å². The van der Waals surface area contributed by atoms with E-state index in [9.17, 15) is 4.79 Å². The summed E-state index contributed by atoms with van der Waals surface area (Å²) in [5, 5.41) is 7.24. The van der Waals surface area contributed by atoms with Gasteiger partial charge < -0.3 is 9.73 Å². The first-order valence-electron chi connectivity index (χ1n) is 9.87. The number of anilines is 1. The lowest BCUT2D eigenvalue weighted by Gasteiger charge is -2.06. The summed E-state index contributed by atoms with van der Waals surface area (Å²) in [6.07, 6.45) is 4.14. The Kier molecular flexibility index (Phi) is 5.48. The first kappa shape index (κ1) is 19.6. The highest BCUT2D eigenvalue weighted by atomic mass is 16.4. The number of benzene rings is 2. The van der Waals surface area contributed by atoms with Crippen LogP contribution in [0.15, 0.2) is 65.3 Å². The molecule has 6 nitrogen and oxygen atoms in total. The first-order chi connectivity index (χ1) is 14.5. The van der Waals surface area contributed by atoms with Crippen molar-refractivity contribution in [2.45, 2.75) is 33.7 Å².